The SMILES string of the molecule is Cc1oncc1C(=O)N1CCCO[C@H](CN2CCCCC2)C1. The molecule has 122 valence electrons. The summed E-state index contributed by atoms with van der Waals surface area (Å²) in [6, 6.07) is 0. The largest absolute Gasteiger partial charge is 0.375 e. The molecule has 22 heavy (non-hydrogen) atoms. The van der Waals surface area contributed by atoms with E-state index in [0.29, 0.717) is 17.9 Å². The molecule has 3 heterocycles. The molecule has 0 spiro atoms. The Balaban J connectivity index is 1.62. The van der Waals surface area contributed by atoms with E-state index in [1.165, 1.54) is 25.5 Å². The Labute approximate surface area is 131 Å². The zero-order chi connectivity index (χ0) is 15.4. The first-order chi connectivity index (χ1) is 10.7. The number of amides is 1. The third kappa shape index (κ3) is 3.67. The summed E-state index contributed by atoms with van der Waals surface area (Å²) in [6.07, 6.45) is 6.38. The van der Waals surface area contributed by atoms with Crippen LogP contribution in [-0.4, -0.2) is 66.3 Å². The van der Waals surface area contributed by atoms with Crippen molar-refractivity contribution >= 4 is 5.91 Å². The molecule has 2 fully saturated rings. The fourth-order valence-corrected chi connectivity index (χ4v) is 3.29. The molecule has 6 nitrogen and oxygen atoms in total. The van der Waals surface area contributed by atoms with E-state index in [-0.39, 0.29) is 12.0 Å². The highest BCUT2D eigenvalue weighted by Crippen LogP contribution is 2.16. The van der Waals surface area contributed by atoms with Crippen molar-refractivity contribution in [2.75, 3.05) is 39.3 Å². The van der Waals surface area contributed by atoms with Gasteiger partial charge in [0.25, 0.3) is 5.91 Å². The fraction of sp³-hybridized carbons (Fsp3) is 0.750. The fourth-order valence-electron chi connectivity index (χ4n) is 3.29. The van der Waals surface area contributed by atoms with Crippen molar-refractivity contribution in [3.8, 4) is 0 Å². The predicted octanol–water partition coefficient (Wildman–Crippen LogP) is 1.70. The molecule has 2 aliphatic heterocycles. The van der Waals surface area contributed by atoms with Gasteiger partial charge in [-0.2, -0.15) is 0 Å². The van der Waals surface area contributed by atoms with Gasteiger partial charge < -0.3 is 19.1 Å². The number of ether oxygens (including phenoxy) is 1. The number of likely N-dealkylation sites (tertiary alicyclic amines) is 1. The molecular formula is C16H25N3O3. The lowest BCUT2D eigenvalue weighted by molar-refractivity contribution is 0.0216. The Morgan fingerprint density at radius 3 is 2.82 bits per heavy atom. The lowest BCUT2D eigenvalue weighted by Crippen LogP contribution is -2.43. The zero-order valence-electron chi connectivity index (χ0n) is 13.3. The van der Waals surface area contributed by atoms with Gasteiger partial charge in [0.05, 0.1) is 12.3 Å². The van der Waals surface area contributed by atoms with E-state index in [1.807, 2.05) is 4.90 Å². The maximum atomic E-state index is 12.6. The van der Waals surface area contributed by atoms with E-state index in [2.05, 4.69) is 10.1 Å². The van der Waals surface area contributed by atoms with Crippen molar-refractivity contribution in [2.45, 2.75) is 38.7 Å². The number of rotatable bonds is 3. The second-order valence-electron chi connectivity index (χ2n) is 6.25. The third-order valence-corrected chi connectivity index (χ3v) is 4.53. The van der Waals surface area contributed by atoms with E-state index in [4.69, 9.17) is 9.26 Å². The highest BCUT2D eigenvalue weighted by molar-refractivity contribution is 5.94. The molecule has 0 unspecified atom stereocenters. The van der Waals surface area contributed by atoms with Gasteiger partial charge in [-0.25, -0.2) is 0 Å². The summed E-state index contributed by atoms with van der Waals surface area (Å²) in [5.41, 5.74) is 0.568. The summed E-state index contributed by atoms with van der Waals surface area (Å²) in [7, 11) is 0. The average Bonchev–Trinajstić information content (AvgIpc) is 2.82. The molecule has 0 N–H and O–H groups in total. The molecule has 0 radical (unpaired) electrons. The first-order valence-electron chi connectivity index (χ1n) is 8.28. The highest BCUT2D eigenvalue weighted by atomic mass is 16.5. The first kappa shape index (κ1) is 15.5. The van der Waals surface area contributed by atoms with Gasteiger partial charge >= 0.3 is 0 Å². The van der Waals surface area contributed by atoms with Crippen molar-refractivity contribution < 1.29 is 14.1 Å². The topological polar surface area (TPSA) is 58.8 Å². The van der Waals surface area contributed by atoms with E-state index in [9.17, 15) is 4.79 Å². The van der Waals surface area contributed by atoms with Crippen LogP contribution in [0.4, 0.5) is 0 Å². The molecule has 2 saturated heterocycles. The third-order valence-electron chi connectivity index (χ3n) is 4.53. The molecule has 0 aliphatic carbocycles. The van der Waals surface area contributed by atoms with Crippen molar-refractivity contribution in [1.29, 1.82) is 0 Å². The number of carbonyl (C=O) groups excluding carboxylic acids is 1. The van der Waals surface area contributed by atoms with Gasteiger partial charge in [-0.05, 0) is 39.3 Å². The van der Waals surface area contributed by atoms with Gasteiger partial charge in [-0.3, -0.25) is 4.79 Å². The van der Waals surface area contributed by atoms with E-state index in [1.54, 1.807) is 6.92 Å². The van der Waals surface area contributed by atoms with Gasteiger partial charge in [0.2, 0.25) is 0 Å². The summed E-state index contributed by atoms with van der Waals surface area (Å²) in [5.74, 6) is 0.593. The Kier molecular flexibility index (Phi) is 5.10. The Bertz CT molecular complexity index is 497. The summed E-state index contributed by atoms with van der Waals surface area (Å²) in [6.45, 7) is 7.12. The Morgan fingerprint density at radius 1 is 1.27 bits per heavy atom. The maximum Gasteiger partial charge on any atom is 0.259 e. The van der Waals surface area contributed by atoms with Gasteiger partial charge in [0.1, 0.15) is 11.3 Å². The first-order valence-corrected chi connectivity index (χ1v) is 8.28. The average molecular weight is 307 g/mol. The second kappa shape index (κ2) is 7.24. The highest BCUT2D eigenvalue weighted by Gasteiger charge is 2.27. The molecule has 2 aliphatic rings. The minimum Gasteiger partial charge on any atom is -0.375 e. The van der Waals surface area contributed by atoms with Crippen molar-refractivity contribution in [3.05, 3.63) is 17.5 Å². The molecule has 0 bridgehead atoms. The lowest BCUT2D eigenvalue weighted by atomic mass is 10.1. The number of hydrogen-bond acceptors (Lipinski definition) is 5. The van der Waals surface area contributed by atoms with Crippen molar-refractivity contribution in [2.24, 2.45) is 0 Å². The van der Waals surface area contributed by atoms with Crippen LogP contribution in [0.5, 0.6) is 0 Å². The molecule has 1 aromatic rings. The number of aryl methyl sites for hydroxylation is 1. The number of carbonyl (C=O) groups is 1. The predicted molar refractivity (Wildman–Crippen MR) is 81.8 cm³/mol. The maximum absolute atomic E-state index is 12.6. The molecule has 0 saturated carbocycles. The van der Waals surface area contributed by atoms with Gasteiger partial charge in [-0.1, -0.05) is 11.6 Å². The Hall–Kier alpha value is -1.40. The van der Waals surface area contributed by atoms with Crippen LogP contribution >= 0.6 is 0 Å². The van der Waals surface area contributed by atoms with Crippen LogP contribution in [0.1, 0.15) is 41.8 Å². The minimum atomic E-state index is 0.00731. The Morgan fingerprint density at radius 2 is 2.09 bits per heavy atom. The number of hydrogen-bond donors (Lipinski definition) is 0. The van der Waals surface area contributed by atoms with Crippen LogP contribution in [-0.2, 0) is 4.74 Å². The lowest BCUT2D eigenvalue weighted by Gasteiger charge is -2.31. The zero-order valence-corrected chi connectivity index (χ0v) is 13.3. The molecule has 0 aromatic carbocycles. The van der Waals surface area contributed by atoms with E-state index >= 15 is 0 Å². The minimum absolute atomic E-state index is 0.00731. The summed E-state index contributed by atoms with van der Waals surface area (Å²) in [5, 5.41) is 3.71. The second-order valence-corrected chi connectivity index (χ2v) is 6.25. The molecule has 6 heteroatoms. The van der Waals surface area contributed by atoms with Crippen LogP contribution in [0.25, 0.3) is 0 Å². The van der Waals surface area contributed by atoms with Crippen LogP contribution < -0.4 is 0 Å². The van der Waals surface area contributed by atoms with Gasteiger partial charge in [-0.15, -0.1) is 0 Å². The van der Waals surface area contributed by atoms with Crippen LogP contribution in [0.3, 0.4) is 0 Å². The number of aromatic nitrogens is 1. The summed E-state index contributed by atoms with van der Waals surface area (Å²) in [4.78, 5) is 17.0. The molecule has 1 aromatic heterocycles. The number of nitrogens with zero attached hydrogens (tertiary/aromatic N) is 3. The van der Waals surface area contributed by atoms with Crippen molar-refractivity contribution in [3.63, 3.8) is 0 Å². The quantitative estimate of drug-likeness (QED) is 0.850. The van der Waals surface area contributed by atoms with Crippen LogP contribution in [0.15, 0.2) is 10.7 Å². The molecule has 1 atom stereocenters. The van der Waals surface area contributed by atoms with Crippen LogP contribution in [0, 0.1) is 6.92 Å². The van der Waals surface area contributed by atoms with Crippen LogP contribution in [0.2, 0.25) is 0 Å². The summed E-state index contributed by atoms with van der Waals surface area (Å²) >= 11 is 0. The molecular weight excluding hydrogens is 282 g/mol. The number of piperidine rings is 1. The molecule has 3 rings (SSSR count). The summed E-state index contributed by atoms with van der Waals surface area (Å²) < 4.78 is 11.0. The smallest absolute Gasteiger partial charge is 0.259 e. The van der Waals surface area contributed by atoms with E-state index in [0.717, 1.165) is 39.2 Å². The standard InChI is InChI=1S/C16H25N3O3/c1-13-15(10-17-22-13)16(20)19-8-5-9-21-14(12-19)11-18-6-3-2-4-7-18/h10,14H,2-9,11-12H2,1H3/t14-/m1/s1. The van der Waals surface area contributed by atoms with E-state index < -0.39 is 0 Å². The monoisotopic (exact) mass is 307 g/mol. The normalized spacial score (nSPS) is 24.2. The molecule has 1 amide bonds. The van der Waals surface area contributed by atoms with Crippen molar-refractivity contribution in [1.82, 2.24) is 15.0 Å². The van der Waals surface area contributed by atoms with Gasteiger partial charge in [0.15, 0.2) is 0 Å². The van der Waals surface area contributed by atoms with Gasteiger partial charge in [0, 0.05) is 26.2 Å².